The van der Waals surface area contributed by atoms with Gasteiger partial charge in [-0.1, -0.05) is 12.2 Å². The van der Waals surface area contributed by atoms with Crippen LogP contribution in [0.2, 0.25) is 0 Å². The van der Waals surface area contributed by atoms with E-state index >= 15 is 0 Å². The molecular formula is C14H20N4. The second-order valence-corrected chi connectivity index (χ2v) is 4.51. The summed E-state index contributed by atoms with van der Waals surface area (Å²) in [5, 5.41) is 3.44. The van der Waals surface area contributed by atoms with E-state index in [1.165, 1.54) is 12.8 Å². The lowest BCUT2D eigenvalue weighted by Gasteiger charge is -2.20. The zero-order valence-corrected chi connectivity index (χ0v) is 10.7. The number of hydrogen-bond donors (Lipinski definition) is 1. The number of nitrogens with one attached hydrogen (secondary N) is 1. The Morgan fingerprint density at radius 1 is 1.28 bits per heavy atom. The normalized spacial score (nSPS) is 14.2. The third kappa shape index (κ3) is 3.67. The smallest absolute Gasteiger partial charge is 0.148 e. The predicted octanol–water partition coefficient (Wildman–Crippen LogP) is 1.91. The van der Waals surface area contributed by atoms with E-state index in [0.29, 0.717) is 6.04 Å². The largest absolute Gasteiger partial charge is 0.348 e. The van der Waals surface area contributed by atoms with Gasteiger partial charge in [0.2, 0.25) is 0 Å². The Morgan fingerprint density at radius 3 is 2.61 bits per heavy atom. The van der Waals surface area contributed by atoms with Crippen molar-refractivity contribution in [3.05, 3.63) is 43.4 Å². The Hall–Kier alpha value is -1.68. The molecule has 1 aliphatic carbocycles. The van der Waals surface area contributed by atoms with Crippen molar-refractivity contribution in [1.29, 1.82) is 0 Å². The SMILES string of the molecule is C=CCN(CC=C)c1cncc(CNC2CC2)n1. The van der Waals surface area contributed by atoms with E-state index < -0.39 is 0 Å². The van der Waals surface area contributed by atoms with Gasteiger partial charge in [-0.3, -0.25) is 4.98 Å². The zero-order chi connectivity index (χ0) is 12.8. The van der Waals surface area contributed by atoms with Gasteiger partial charge in [-0.25, -0.2) is 4.98 Å². The highest BCUT2D eigenvalue weighted by atomic mass is 15.2. The molecule has 0 bridgehead atoms. The van der Waals surface area contributed by atoms with Gasteiger partial charge in [-0.15, -0.1) is 13.2 Å². The highest BCUT2D eigenvalue weighted by molar-refractivity contribution is 5.38. The van der Waals surface area contributed by atoms with Gasteiger partial charge < -0.3 is 10.2 Å². The number of nitrogens with zero attached hydrogens (tertiary/aromatic N) is 3. The van der Waals surface area contributed by atoms with Crippen LogP contribution < -0.4 is 10.2 Å². The lowest BCUT2D eigenvalue weighted by atomic mass is 10.4. The highest BCUT2D eigenvalue weighted by Gasteiger charge is 2.20. The summed E-state index contributed by atoms with van der Waals surface area (Å²) in [4.78, 5) is 11.0. The topological polar surface area (TPSA) is 41.1 Å². The summed E-state index contributed by atoms with van der Waals surface area (Å²) >= 11 is 0. The first-order valence-electron chi connectivity index (χ1n) is 6.34. The average Bonchev–Trinajstić information content (AvgIpc) is 3.21. The van der Waals surface area contributed by atoms with Gasteiger partial charge in [-0.2, -0.15) is 0 Å². The molecule has 1 N–H and O–H groups in total. The molecule has 0 radical (unpaired) electrons. The van der Waals surface area contributed by atoms with Crippen molar-refractivity contribution < 1.29 is 0 Å². The first-order valence-corrected chi connectivity index (χ1v) is 6.34. The Bertz CT molecular complexity index is 402. The molecule has 0 saturated heterocycles. The molecule has 4 nitrogen and oxygen atoms in total. The van der Waals surface area contributed by atoms with Gasteiger partial charge in [0.05, 0.1) is 11.9 Å². The Balaban J connectivity index is 2.02. The molecule has 18 heavy (non-hydrogen) atoms. The Morgan fingerprint density at radius 2 is 2.00 bits per heavy atom. The van der Waals surface area contributed by atoms with Crippen LogP contribution in [0.25, 0.3) is 0 Å². The van der Waals surface area contributed by atoms with Crippen molar-refractivity contribution in [3.63, 3.8) is 0 Å². The van der Waals surface area contributed by atoms with Gasteiger partial charge in [0, 0.05) is 31.9 Å². The van der Waals surface area contributed by atoms with Crippen LogP contribution in [0.3, 0.4) is 0 Å². The molecule has 96 valence electrons. The van der Waals surface area contributed by atoms with E-state index in [4.69, 9.17) is 0 Å². The van der Waals surface area contributed by atoms with E-state index in [1.54, 1.807) is 6.20 Å². The summed E-state index contributed by atoms with van der Waals surface area (Å²) < 4.78 is 0. The molecule has 2 rings (SSSR count). The van der Waals surface area contributed by atoms with E-state index in [-0.39, 0.29) is 0 Å². The number of hydrogen-bond acceptors (Lipinski definition) is 4. The van der Waals surface area contributed by atoms with Crippen LogP contribution in [0.4, 0.5) is 5.82 Å². The van der Waals surface area contributed by atoms with Crippen molar-refractivity contribution in [1.82, 2.24) is 15.3 Å². The molecule has 1 heterocycles. The molecular weight excluding hydrogens is 224 g/mol. The zero-order valence-electron chi connectivity index (χ0n) is 10.7. The second kappa shape index (κ2) is 6.31. The fourth-order valence-electron chi connectivity index (χ4n) is 1.74. The number of rotatable bonds is 8. The molecule has 0 aliphatic heterocycles. The van der Waals surface area contributed by atoms with Crippen molar-refractivity contribution in [3.8, 4) is 0 Å². The van der Waals surface area contributed by atoms with Crippen LogP contribution >= 0.6 is 0 Å². The first-order chi connectivity index (χ1) is 8.83. The molecule has 1 aliphatic rings. The Kier molecular flexibility index (Phi) is 4.47. The minimum atomic E-state index is 0.688. The van der Waals surface area contributed by atoms with E-state index in [1.807, 2.05) is 18.3 Å². The monoisotopic (exact) mass is 244 g/mol. The van der Waals surface area contributed by atoms with Gasteiger partial charge in [0.15, 0.2) is 0 Å². The molecule has 0 amide bonds. The van der Waals surface area contributed by atoms with Crippen LogP contribution in [-0.2, 0) is 6.54 Å². The van der Waals surface area contributed by atoms with Gasteiger partial charge >= 0.3 is 0 Å². The number of anilines is 1. The third-order valence-corrected chi connectivity index (χ3v) is 2.84. The highest BCUT2D eigenvalue weighted by Crippen LogP contribution is 2.19. The summed E-state index contributed by atoms with van der Waals surface area (Å²) in [6, 6.07) is 0.688. The van der Waals surface area contributed by atoms with Gasteiger partial charge in [0.1, 0.15) is 5.82 Å². The maximum Gasteiger partial charge on any atom is 0.148 e. The predicted molar refractivity (Wildman–Crippen MR) is 74.5 cm³/mol. The summed E-state index contributed by atoms with van der Waals surface area (Å²) in [7, 11) is 0. The average molecular weight is 244 g/mol. The number of aromatic nitrogens is 2. The summed E-state index contributed by atoms with van der Waals surface area (Å²) in [5.41, 5.74) is 0.984. The molecule has 0 unspecified atom stereocenters. The van der Waals surface area contributed by atoms with Gasteiger partial charge in [0.25, 0.3) is 0 Å². The van der Waals surface area contributed by atoms with Crippen molar-refractivity contribution in [2.75, 3.05) is 18.0 Å². The minimum Gasteiger partial charge on any atom is -0.348 e. The quantitative estimate of drug-likeness (QED) is 0.709. The molecule has 1 aromatic heterocycles. The van der Waals surface area contributed by atoms with Crippen molar-refractivity contribution in [2.24, 2.45) is 0 Å². The van der Waals surface area contributed by atoms with Crippen molar-refractivity contribution in [2.45, 2.75) is 25.4 Å². The summed E-state index contributed by atoms with van der Waals surface area (Å²) in [5.74, 6) is 0.880. The maximum atomic E-state index is 4.62. The molecule has 1 saturated carbocycles. The lowest BCUT2D eigenvalue weighted by molar-refractivity contribution is 0.670. The van der Waals surface area contributed by atoms with E-state index in [2.05, 4.69) is 33.3 Å². The molecule has 1 aromatic rings. The molecule has 0 atom stereocenters. The molecule has 0 spiro atoms. The second-order valence-electron chi connectivity index (χ2n) is 4.51. The molecule has 1 fully saturated rings. The van der Waals surface area contributed by atoms with Crippen LogP contribution in [0.15, 0.2) is 37.7 Å². The van der Waals surface area contributed by atoms with Crippen LogP contribution in [0.1, 0.15) is 18.5 Å². The fourth-order valence-corrected chi connectivity index (χ4v) is 1.74. The van der Waals surface area contributed by atoms with Crippen LogP contribution in [-0.4, -0.2) is 29.1 Å². The van der Waals surface area contributed by atoms with Crippen molar-refractivity contribution >= 4 is 5.82 Å². The summed E-state index contributed by atoms with van der Waals surface area (Å²) in [6.45, 7) is 9.82. The van der Waals surface area contributed by atoms with E-state index in [9.17, 15) is 0 Å². The third-order valence-electron chi connectivity index (χ3n) is 2.84. The molecule has 0 aromatic carbocycles. The summed E-state index contributed by atoms with van der Waals surface area (Å²) in [6.07, 6.45) is 9.89. The Labute approximate surface area is 108 Å². The van der Waals surface area contributed by atoms with E-state index in [0.717, 1.165) is 31.1 Å². The first kappa shape index (κ1) is 12.8. The lowest BCUT2D eigenvalue weighted by Crippen LogP contribution is -2.25. The maximum absolute atomic E-state index is 4.62. The fraction of sp³-hybridized carbons (Fsp3) is 0.429. The van der Waals surface area contributed by atoms with Crippen LogP contribution in [0, 0.1) is 0 Å². The van der Waals surface area contributed by atoms with Gasteiger partial charge in [-0.05, 0) is 12.8 Å². The van der Waals surface area contributed by atoms with Crippen LogP contribution in [0.5, 0.6) is 0 Å². The minimum absolute atomic E-state index is 0.688. The standard InChI is InChI=1S/C14H20N4/c1-3-7-18(8-4-2)14-11-15-9-13(17-14)10-16-12-5-6-12/h3-4,9,11-12,16H,1-2,5-8,10H2. The molecule has 4 heteroatoms.